The molecule has 1 N–H and O–H groups in total. The molecule has 3 rings (SSSR count). The van der Waals surface area contributed by atoms with Gasteiger partial charge in [0.1, 0.15) is 0 Å². The van der Waals surface area contributed by atoms with E-state index < -0.39 is 27.7 Å². The van der Waals surface area contributed by atoms with Gasteiger partial charge in [0.05, 0.1) is 10.5 Å². The number of hydrogen-bond donors (Lipinski definition) is 1. The minimum absolute atomic E-state index is 0.103. The average molecular weight is 426 g/mol. The highest BCUT2D eigenvalue weighted by Gasteiger charge is 2.31. The van der Waals surface area contributed by atoms with Gasteiger partial charge in [0, 0.05) is 25.2 Å². The van der Waals surface area contributed by atoms with Gasteiger partial charge in [-0.2, -0.15) is 17.5 Å². The van der Waals surface area contributed by atoms with Crippen LogP contribution in [0.2, 0.25) is 0 Å². The van der Waals surface area contributed by atoms with Gasteiger partial charge >= 0.3 is 6.18 Å². The van der Waals surface area contributed by atoms with E-state index in [0.29, 0.717) is 18.7 Å². The highest BCUT2D eigenvalue weighted by Crippen LogP contribution is 2.29. The Labute approximate surface area is 167 Å². The first-order valence-electron chi connectivity index (χ1n) is 9.23. The molecule has 1 fully saturated rings. The number of rotatable bonds is 5. The van der Waals surface area contributed by atoms with Crippen molar-refractivity contribution in [3.05, 3.63) is 65.2 Å². The van der Waals surface area contributed by atoms with Crippen LogP contribution in [0.3, 0.4) is 0 Å². The Hall–Kier alpha value is -2.39. The maximum Gasteiger partial charge on any atom is 0.416 e. The minimum atomic E-state index is -4.55. The fourth-order valence-electron chi connectivity index (χ4n) is 3.26. The van der Waals surface area contributed by atoms with Gasteiger partial charge in [-0.05, 0) is 42.7 Å². The third-order valence-corrected chi connectivity index (χ3v) is 6.80. The van der Waals surface area contributed by atoms with Crippen LogP contribution in [0.4, 0.5) is 13.2 Å². The van der Waals surface area contributed by atoms with Crippen molar-refractivity contribution in [1.29, 1.82) is 0 Å². The molecule has 0 atom stereocenters. The molecule has 0 bridgehead atoms. The molecule has 0 saturated carbocycles. The number of nitrogens with zero attached hydrogens (tertiary/aromatic N) is 1. The van der Waals surface area contributed by atoms with Crippen LogP contribution in [0.25, 0.3) is 0 Å². The molecule has 1 saturated heterocycles. The molecule has 9 heteroatoms. The summed E-state index contributed by atoms with van der Waals surface area (Å²) < 4.78 is 65.9. The Morgan fingerprint density at radius 1 is 1.00 bits per heavy atom. The third-order valence-electron chi connectivity index (χ3n) is 4.80. The summed E-state index contributed by atoms with van der Waals surface area (Å²) in [7, 11) is -3.70. The van der Waals surface area contributed by atoms with Gasteiger partial charge in [0.15, 0.2) is 0 Å². The Kier molecular flexibility index (Phi) is 6.28. The molecule has 5 nitrogen and oxygen atoms in total. The molecule has 0 aliphatic carbocycles. The predicted molar refractivity (Wildman–Crippen MR) is 102 cm³/mol. The number of nitrogens with one attached hydrogen (secondary N) is 1. The molecule has 1 heterocycles. The van der Waals surface area contributed by atoms with Crippen molar-refractivity contribution in [2.75, 3.05) is 13.1 Å². The fourth-order valence-corrected chi connectivity index (χ4v) is 5.00. The summed E-state index contributed by atoms with van der Waals surface area (Å²) in [6, 6.07) is 10.4. The second-order valence-electron chi connectivity index (χ2n) is 6.83. The van der Waals surface area contributed by atoms with E-state index in [0.717, 1.165) is 37.5 Å². The standard InChI is InChI=1S/C20H21F3N2O3S/c21-20(22,23)17-9-6-8-15(13-17)19(26)24-14-16-7-2-3-10-18(16)29(27,28)25-11-4-1-5-12-25/h2-3,6-10,13H,1,4-5,11-12,14H2,(H,24,26). The number of carbonyl (C=O) groups excluding carboxylic acids is 1. The maximum absolute atomic E-state index is 13.0. The topological polar surface area (TPSA) is 66.5 Å². The third kappa shape index (κ3) is 4.97. The number of halogens is 3. The fraction of sp³-hybridized carbons (Fsp3) is 0.350. The van der Waals surface area contributed by atoms with Crippen molar-refractivity contribution >= 4 is 15.9 Å². The lowest BCUT2D eigenvalue weighted by atomic mass is 10.1. The lowest BCUT2D eigenvalue weighted by molar-refractivity contribution is -0.137. The molecule has 0 aromatic heterocycles. The Balaban J connectivity index is 1.77. The quantitative estimate of drug-likeness (QED) is 0.791. The summed E-state index contributed by atoms with van der Waals surface area (Å²) in [5.41, 5.74) is -0.673. The smallest absolute Gasteiger partial charge is 0.348 e. The highest BCUT2D eigenvalue weighted by atomic mass is 32.2. The summed E-state index contributed by atoms with van der Waals surface area (Å²) >= 11 is 0. The molecule has 156 valence electrons. The SMILES string of the molecule is O=C(NCc1ccccc1S(=O)(=O)N1CCCCC1)c1cccc(C(F)(F)F)c1. The lowest BCUT2D eigenvalue weighted by Crippen LogP contribution is -2.36. The summed E-state index contributed by atoms with van der Waals surface area (Å²) in [5.74, 6) is -0.707. The van der Waals surface area contributed by atoms with E-state index in [1.807, 2.05) is 0 Å². The molecule has 2 aromatic rings. The normalized spacial score (nSPS) is 15.8. The lowest BCUT2D eigenvalue weighted by Gasteiger charge is -2.26. The molecule has 2 aromatic carbocycles. The Morgan fingerprint density at radius 2 is 1.69 bits per heavy atom. The largest absolute Gasteiger partial charge is 0.416 e. The minimum Gasteiger partial charge on any atom is -0.348 e. The van der Waals surface area contributed by atoms with Crippen LogP contribution < -0.4 is 5.32 Å². The molecule has 0 spiro atoms. The number of piperidine rings is 1. The van der Waals surface area contributed by atoms with E-state index in [2.05, 4.69) is 5.32 Å². The number of carbonyl (C=O) groups is 1. The van der Waals surface area contributed by atoms with Gasteiger partial charge < -0.3 is 5.32 Å². The molecule has 0 radical (unpaired) electrons. The molecule has 1 amide bonds. The summed E-state index contributed by atoms with van der Waals surface area (Å²) in [6.45, 7) is 0.791. The van der Waals surface area contributed by atoms with Gasteiger partial charge in [0.25, 0.3) is 5.91 Å². The van der Waals surface area contributed by atoms with Crippen molar-refractivity contribution in [1.82, 2.24) is 9.62 Å². The van der Waals surface area contributed by atoms with Crippen LogP contribution in [0, 0.1) is 0 Å². The monoisotopic (exact) mass is 426 g/mol. The van der Waals surface area contributed by atoms with Crippen molar-refractivity contribution in [3.8, 4) is 0 Å². The van der Waals surface area contributed by atoms with Crippen LogP contribution in [0.1, 0.15) is 40.7 Å². The summed E-state index contributed by atoms with van der Waals surface area (Å²) in [4.78, 5) is 12.4. The van der Waals surface area contributed by atoms with E-state index in [1.54, 1.807) is 18.2 Å². The van der Waals surface area contributed by atoms with Gasteiger partial charge in [-0.15, -0.1) is 0 Å². The molecule has 0 unspecified atom stereocenters. The molecule has 29 heavy (non-hydrogen) atoms. The highest BCUT2D eigenvalue weighted by molar-refractivity contribution is 7.89. The van der Waals surface area contributed by atoms with Gasteiger partial charge in [-0.3, -0.25) is 4.79 Å². The van der Waals surface area contributed by atoms with Crippen molar-refractivity contribution < 1.29 is 26.4 Å². The van der Waals surface area contributed by atoms with Crippen LogP contribution in [0.15, 0.2) is 53.4 Å². The van der Waals surface area contributed by atoms with Gasteiger partial charge in [0.2, 0.25) is 10.0 Å². The van der Waals surface area contributed by atoms with Crippen molar-refractivity contribution in [2.45, 2.75) is 36.9 Å². The Morgan fingerprint density at radius 3 is 2.38 bits per heavy atom. The van der Waals surface area contributed by atoms with E-state index in [-0.39, 0.29) is 17.0 Å². The van der Waals surface area contributed by atoms with Crippen LogP contribution >= 0.6 is 0 Å². The van der Waals surface area contributed by atoms with Crippen LogP contribution in [-0.4, -0.2) is 31.7 Å². The van der Waals surface area contributed by atoms with Gasteiger partial charge in [-0.1, -0.05) is 30.7 Å². The first kappa shape index (κ1) is 21.3. The second kappa shape index (κ2) is 8.54. The van der Waals surface area contributed by atoms with E-state index in [4.69, 9.17) is 0 Å². The van der Waals surface area contributed by atoms with Crippen LogP contribution in [-0.2, 0) is 22.7 Å². The Bertz CT molecular complexity index is 984. The number of amides is 1. The van der Waals surface area contributed by atoms with Gasteiger partial charge in [-0.25, -0.2) is 8.42 Å². The average Bonchev–Trinajstić information content (AvgIpc) is 2.72. The molecular weight excluding hydrogens is 405 g/mol. The molecule has 1 aliphatic rings. The second-order valence-corrected chi connectivity index (χ2v) is 8.74. The van der Waals surface area contributed by atoms with E-state index in [9.17, 15) is 26.4 Å². The number of benzene rings is 2. The van der Waals surface area contributed by atoms with E-state index >= 15 is 0 Å². The number of alkyl halides is 3. The molecular formula is C20H21F3N2O3S. The van der Waals surface area contributed by atoms with Crippen molar-refractivity contribution in [2.24, 2.45) is 0 Å². The first-order valence-corrected chi connectivity index (χ1v) is 10.7. The maximum atomic E-state index is 13.0. The summed E-state index contributed by atoms with van der Waals surface area (Å²) in [5, 5.41) is 2.52. The van der Waals surface area contributed by atoms with Crippen molar-refractivity contribution in [3.63, 3.8) is 0 Å². The number of hydrogen-bond acceptors (Lipinski definition) is 3. The zero-order valence-corrected chi connectivity index (χ0v) is 16.4. The number of sulfonamides is 1. The zero-order valence-electron chi connectivity index (χ0n) is 15.6. The molecule has 1 aliphatic heterocycles. The van der Waals surface area contributed by atoms with E-state index in [1.165, 1.54) is 16.4 Å². The zero-order chi connectivity index (χ0) is 21.1. The summed E-state index contributed by atoms with van der Waals surface area (Å²) in [6.07, 6.45) is -1.96. The predicted octanol–water partition coefficient (Wildman–Crippen LogP) is 3.81. The van der Waals surface area contributed by atoms with Crippen LogP contribution in [0.5, 0.6) is 0 Å². The first-order chi connectivity index (χ1) is 13.7.